The van der Waals surface area contributed by atoms with Gasteiger partial charge in [-0.25, -0.2) is 9.97 Å². The zero-order valence-corrected chi connectivity index (χ0v) is 13.2. The van der Waals surface area contributed by atoms with Crippen molar-refractivity contribution in [3.63, 3.8) is 0 Å². The number of imidazole rings is 2. The van der Waals surface area contributed by atoms with Gasteiger partial charge in [0.15, 0.2) is 0 Å². The van der Waals surface area contributed by atoms with Crippen LogP contribution in [0.4, 0.5) is 0 Å². The van der Waals surface area contributed by atoms with Gasteiger partial charge in [-0.3, -0.25) is 4.79 Å². The van der Waals surface area contributed by atoms with Gasteiger partial charge in [0.05, 0.1) is 23.1 Å². The molecule has 0 spiro atoms. The average Bonchev–Trinajstić information content (AvgIpc) is 3.10. The molecular weight excluding hydrogens is 294 g/mol. The summed E-state index contributed by atoms with van der Waals surface area (Å²) in [5, 5.41) is 12.1. The summed E-state index contributed by atoms with van der Waals surface area (Å²) in [5.41, 5.74) is 3.09. The molecule has 0 bridgehead atoms. The monoisotopic (exact) mass is 313 g/mol. The molecule has 2 heterocycles. The van der Waals surface area contributed by atoms with E-state index in [1.165, 1.54) is 0 Å². The lowest BCUT2D eigenvalue weighted by Gasteiger charge is -2.04. The van der Waals surface area contributed by atoms with E-state index >= 15 is 0 Å². The fraction of sp³-hybridized carbons (Fsp3) is 0.312. The number of aliphatic hydroxyl groups excluding tert-OH is 1. The quantitative estimate of drug-likeness (QED) is 0.729. The number of nitrogens with one attached hydrogen (secondary N) is 1. The van der Waals surface area contributed by atoms with Crippen molar-refractivity contribution in [3.8, 4) is 0 Å². The maximum atomic E-state index is 12.2. The Bertz CT molecular complexity index is 849. The summed E-state index contributed by atoms with van der Waals surface area (Å²) >= 11 is 0. The second kappa shape index (κ2) is 6.21. The summed E-state index contributed by atoms with van der Waals surface area (Å²) in [4.78, 5) is 20.8. The molecule has 0 atom stereocenters. The van der Waals surface area contributed by atoms with Gasteiger partial charge in [0.1, 0.15) is 12.4 Å². The molecule has 0 unspecified atom stereocenters. The Morgan fingerprint density at radius 1 is 1.35 bits per heavy atom. The Morgan fingerprint density at radius 2 is 2.17 bits per heavy atom. The van der Waals surface area contributed by atoms with E-state index < -0.39 is 0 Å². The topological polar surface area (TPSA) is 85.0 Å². The van der Waals surface area contributed by atoms with Gasteiger partial charge in [-0.1, -0.05) is 0 Å². The first-order valence-electron chi connectivity index (χ1n) is 7.39. The number of carbonyl (C=O) groups is 1. The van der Waals surface area contributed by atoms with Crippen LogP contribution in [0.15, 0.2) is 30.7 Å². The predicted octanol–water partition coefficient (Wildman–Crippen LogP) is 0.772. The van der Waals surface area contributed by atoms with Gasteiger partial charge in [-0.15, -0.1) is 0 Å². The highest BCUT2D eigenvalue weighted by Crippen LogP contribution is 2.17. The van der Waals surface area contributed by atoms with Crippen molar-refractivity contribution in [2.45, 2.75) is 13.0 Å². The van der Waals surface area contributed by atoms with Crippen LogP contribution < -0.4 is 5.32 Å². The molecule has 1 amide bonds. The summed E-state index contributed by atoms with van der Waals surface area (Å²) < 4.78 is 3.70. The lowest BCUT2D eigenvalue weighted by Crippen LogP contribution is -2.25. The standard InChI is InChI=1S/C16H19N5O2/c1-20-8-12(18-10-20)5-6-17-16(23)11-3-4-14-13(7-11)19-15(9-22)21(14)2/h3-4,7-8,10,22H,5-6,9H2,1-2H3,(H,17,23). The van der Waals surface area contributed by atoms with Crippen molar-refractivity contribution in [1.82, 2.24) is 24.4 Å². The molecule has 120 valence electrons. The first-order chi connectivity index (χ1) is 11.1. The predicted molar refractivity (Wildman–Crippen MR) is 85.9 cm³/mol. The average molecular weight is 313 g/mol. The highest BCUT2D eigenvalue weighted by Gasteiger charge is 2.11. The van der Waals surface area contributed by atoms with Crippen LogP contribution in [0.3, 0.4) is 0 Å². The molecule has 2 N–H and O–H groups in total. The number of aryl methyl sites for hydroxylation is 2. The zero-order valence-electron chi connectivity index (χ0n) is 13.2. The van der Waals surface area contributed by atoms with Crippen molar-refractivity contribution >= 4 is 16.9 Å². The largest absolute Gasteiger partial charge is 0.388 e. The zero-order chi connectivity index (χ0) is 16.4. The van der Waals surface area contributed by atoms with Crippen LogP contribution in [-0.2, 0) is 27.1 Å². The molecule has 7 heteroatoms. The van der Waals surface area contributed by atoms with Gasteiger partial charge in [-0.2, -0.15) is 0 Å². The minimum Gasteiger partial charge on any atom is -0.388 e. The summed E-state index contributed by atoms with van der Waals surface area (Å²) in [6.45, 7) is 0.398. The first-order valence-corrected chi connectivity index (χ1v) is 7.39. The number of hydrogen-bond donors (Lipinski definition) is 2. The van der Waals surface area contributed by atoms with E-state index in [1.54, 1.807) is 18.5 Å². The van der Waals surface area contributed by atoms with E-state index in [1.807, 2.05) is 35.5 Å². The third-order valence-electron chi connectivity index (χ3n) is 3.80. The molecule has 7 nitrogen and oxygen atoms in total. The van der Waals surface area contributed by atoms with Crippen LogP contribution in [0.5, 0.6) is 0 Å². The van der Waals surface area contributed by atoms with Crippen molar-refractivity contribution in [2.75, 3.05) is 6.54 Å². The number of rotatable bonds is 5. The normalized spacial score (nSPS) is 11.1. The number of benzene rings is 1. The molecule has 3 aromatic rings. The molecule has 1 aromatic carbocycles. The second-order valence-electron chi connectivity index (χ2n) is 5.49. The number of aromatic nitrogens is 4. The lowest BCUT2D eigenvalue weighted by molar-refractivity contribution is 0.0954. The lowest BCUT2D eigenvalue weighted by atomic mass is 10.2. The molecule has 0 aliphatic rings. The molecule has 0 saturated heterocycles. The van der Waals surface area contributed by atoms with Crippen LogP contribution in [0.25, 0.3) is 11.0 Å². The van der Waals surface area contributed by atoms with E-state index in [0.717, 1.165) is 11.2 Å². The molecule has 2 aromatic heterocycles. The van der Waals surface area contributed by atoms with Crippen LogP contribution in [-0.4, -0.2) is 36.7 Å². The number of nitrogens with zero attached hydrogens (tertiary/aromatic N) is 4. The van der Waals surface area contributed by atoms with Crippen LogP contribution in [0, 0.1) is 0 Å². The Balaban J connectivity index is 1.68. The Labute approximate surface area is 133 Å². The first kappa shape index (κ1) is 15.2. The molecule has 0 fully saturated rings. The Morgan fingerprint density at radius 3 is 2.87 bits per heavy atom. The second-order valence-corrected chi connectivity index (χ2v) is 5.49. The highest BCUT2D eigenvalue weighted by atomic mass is 16.3. The van der Waals surface area contributed by atoms with Crippen LogP contribution in [0.2, 0.25) is 0 Å². The van der Waals surface area contributed by atoms with Gasteiger partial charge in [-0.05, 0) is 18.2 Å². The molecule has 3 rings (SSSR count). The minimum atomic E-state index is -0.140. The van der Waals surface area contributed by atoms with E-state index in [2.05, 4.69) is 15.3 Å². The number of aliphatic hydroxyl groups is 1. The summed E-state index contributed by atoms with van der Waals surface area (Å²) in [6.07, 6.45) is 4.36. The third kappa shape index (κ3) is 3.09. The number of amides is 1. The van der Waals surface area contributed by atoms with Crippen LogP contribution in [0.1, 0.15) is 21.9 Å². The highest BCUT2D eigenvalue weighted by molar-refractivity contribution is 5.97. The maximum absolute atomic E-state index is 12.2. The minimum absolute atomic E-state index is 0.128. The molecule has 0 aliphatic carbocycles. The van der Waals surface area contributed by atoms with E-state index in [0.29, 0.717) is 29.9 Å². The van der Waals surface area contributed by atoms with Crippen molar-refractivity contribution < 1.29 is 9.90 Å². The summed E-state index contributed by atoms with van der Waals surface area (Å²) in [5.74, 6) is 0.437. The summed E-state index contributed by atoms with van der Waals surface area (Å²) in [7, 11) is 3.76. The van der Waals surface area contributed by atoms with Crippen LogP contribution >= 0.6 is 0 Å². The Hall–Kier alpha value is -2.67. The maximum Gasteiger partial charge on any atom is 0.251 e. The number of carbonyl (C=O) groups excluding carboxylic acids is 1. The van der Waals surface area contributed by atoms with Gasteiger partial charge >= 0.3 is 0 Å². The number of hydrogen-bond acceptors (Lipinski definition) is 4. The van der Waals surface area contributed by atoms with Gasteiger partial charge in [0.25, 0.3) is 5.91 Å². The van der Waals surface area contributed by atoms with E-state index in [4.69, 9.17) is 0 Å². The fourth-order valence-electron chi connectivity index (χ4n) is 2.53. The molecule has 0 saturated carbocycles. The van der Waals surface area contributed by atoms with Crippen molar-refractivity contribution in [1.29, 1.82) is 0 Å². The van der Waals surface area contributed by atoms with Gasteiger partial charge < -0.3 is 19.6 Å². The smallest absolute Gasteiger partial charge is 0.251 e. The van der Waals surface area contributed by atoms with E-state index in [-0.39, 0.29) is 12.5 Å². The SMILES string of the molecule is Cn1cnc(CCNC(=O)c2ccc3c(c2)nc(CO)n3C)c1. The fourth-order valence-corrected chi connectivity index (χ4v) is 2.53. The van der Waals surface area contributed by atoms with Gasteiger partial charge in [0.2, 0.25) is 0 Å². The Kier molecular flexibility index (Phi) is 4.12. The van der Waals surface area contributed by atoms with E-state index in [9.17, 15) is 9.90 Å². The third-order valence-corrected chi connectivity index (χ3v) is 3.80. The van der Waals surface area contributed by atoms with Crippen molar-refractivity contribution in [3.05, 3.63) is 47.8 Å². The molecule has 0 aliphatic heterocycles. The molecular formula is C16H19N5O2. The molecule has 0 radical (unpaired) electrons. The van der Waals surface area contributed by atoms with Crippen molar-refractivity contribution in [2.24, 2.45) is 14.1 Å². The van der Waals surface area contributed by atoms with Gasteiger partial charge in [0, 0.05) is 38.8 Å². The number of fused-ring (bicyclic) bond motifs is 1. The molecule has 23 heavy (non-hydrogen) atoms. The summed E-state index contributed by atoms with van der Waals surface area (Å²) in [6, 6.07) is 5.35.